The molecular weight excluding hydrogens is 309 g/mol. The minimum atomic E-state index is -0.0807. The number of rotatable bonds is 5. The average molecular weight is 333 g/mol. The van der Waals surface area contributed by atoms with E-state index in [1.165, 1.54) is 12.1 Å². The molecule has 0 spiro atoms. The van der Waals surface area contributed by atoms with Crippen LogP contribution in [0.2, 0.25) is 0 Å². The Bertz CT molecular complexity index is 628. The summed E-state index contributed by atoms with van der Waals surface area (Å²) in [6.07, 6.45) is 1.96. The van der Waals surface area contributed by atoms with Gasteiger partial charge >= 0.3 is 0 Å². The standard InChI is InChI=1S/C18H24FN3S/c1-15-20-17(14-23-15)13-22-9-4-8-21(11-12-22)10-7-16-5-2-3-6-18(16)19/h2-3,5-6,14H,4,7-13H2,1H3. The molecule has 1 aromatic heterocycles. The number of hydrogen-bond donors (Lipinski definition) is 0. The highest BCUT2D eigenvalue weighted by molar-refractivity contribution is 7.09. The Balaban J connectivity index is 1.47. The predicted octanol–water partition coefficient (Wildman–Crippen LogP) is 3.34. The Morgan fingerprint density at radius 3 is 2.70 bits per heavy atom. The zero-order valence-electron chi connectivity index (χ0n) is 13.7. The summed E-state index contributed by atoms with van der Waals surface area (Å²) < 4.78 is 13.7. The van der Waals surface area contributed by atoms with E-state index in [4.69, 9.17) is 0 Å². The number of halogens is 1. The Morgan fingerprint density at radius 2 is 1.91 bits per heavy atom. The van der Waals surface area contributed by atoms with Gasteiger partial charge in [-0.3, -0.25) is 4.90 Å². The first-order valence-electron chi connectivity index (χ1n) is 8.30. The van der Waals surface area contributed by atoms with Crippen LogP contribution >= 0.6 is 11.3 Å². The molecule has 23 heavy (non-hydrogen) atoms. The van der Waals surface area contributed by atoms with Gasteiger partial charge in [-0.15, -0.1) is 11.3 Å². The maximum Gasteiger partial charge on any atom is 0.126 e. The lowest BCUT2D eigenvalue weighted by molar-refractivity contribution is 0.251. The van der Waals surface area contributed by atoms with Crippen molar-refractivity contribution < 1.29 is 4.39 Å². The van der Waals surface area contributed by atoms with E-state index in [9.17, 15) is 4.39 Å². The Morgan fingerprint density at radius 1 is 1.13 bits per heavy atom. The quantitative estimate of drug-likeness (QED) is 0.836. The lowest BCUT2D eigenvalue weighted by Crippen LogP contribution is -2.32. The highest BCUT2D eigenvalue weighted by Gasteiger charge is 2.16. The first-order valence-corrected chi connectivity index (χ1v) is 9.18. The summed E-state index contributed by atoms with van der Waals surface area (Å²) in [6.45, 7) is 8.27. The zero-order valence-corrected chi connectivity index (χ0v) is 14.5. The van der Waals surface area contributed by atoms with Crippen LogP contribution in [0.1, 0.15) is 22.7 Å². The second-order valence-corrected chi connectivity index (χ2v) is 7.23. The lowest BCUT2D eigenvalue weighted by Gasteiger charge is -2.21. The number of aromatic nitrogens is 1. The summed E-state index contributed by atoms with van der Waals surface area (Å²) in [6, 6.07) is 7.11. The van der Waals surface area contributed by atoms with Crippen LogP contribution in [0.3, 0.4) is 0 Å². The average Bonchev–Trinajstić information content (AvgIpc) is 2.81. The van der Waals surface area contributed by atoms with Gasteiger partial charge in [-0.25, -0.2) is 9.37 Å². The minimum Gasteiger partial charge on any atom is -0.302 e. The third-order valence-corrected chi connectivity index (χ3v) is 5.21. The third kappa shape index (κ3) is 4.83. The molecule has 1 aliphatic rings. The molecule has 1 fully saturated rings. The normalized spacial score (nSPS) is 17.3. The highest BCUT2D eigenvalue weighted by atomic mass is 32.1. The van der Waals surface area contributed by atoms with Crippen LogP contribution in [0.15, 0.2) is 29.6 Å². The molecule has 3 rings (SSSR count). The van der Waals surface area contributed by atoms with Crippen LogP contribution in [0.25, 0.3) is 0 Å². The van der Waals surface area contributed by atoms with E-state index in [0.29, 0.717) is 0 Å². The smallest absolute Gasteiger partial charge is 0.126 e. The Hall–Kier alpha value is -1.30. The van der Waals surface area contributed by atoms with Crippen molar-refractivity contribution in [2.75, 3.05) is 32.7 Å². The van der Waals surface area contributed by atoms with Crippen LogP contribution in [0, 0.1) is 12.7 Å². The van der Waals surface area contributed by atoms with E-state index in [1.54, 1.807) is 23.5 Å². The van der Waals surface area contributed by atoms with Crippen molar-refractivity contribution in [2.45, 2.75) is 26.3 Å². The topological polar surface area (TPSA) is 19.4 Å². The molecule has 124 valence electrons. The fraction of sp³-hybridized carbons (Fsp3) is 0.500. The Labute approximate surface area is 141 Å². The fourth-order valence-electron chi connectivity index (χ4n) is 3.10. The molecule has 3 nitrogen and oxygen atoms in total. The zero-order chi connectivity index (χ0) is 16.1. The summed E-state index contributed by atoms with van der Waals surface area (Å²) in [5.41, 5.74) is 2.01. The van der Waals surface area contributed by atoms with Gasteiger partial charge in [-0.1, -0.05) is 18.2 Å². The first-order chi connectivity index (χ1) is 11.2. The molecular formula is C18H24FN3S. The molecule has 0 N–H and O–H groups in total. The molecule has 1 aliphatic heterocycles. The summed E-state index contributed by atoms with van der Waals surface area (Å²) in [5.74, 6) is -0.0807. The lowest BCUT2D eigenvalue weighted by atomic mass is 10.1. The molecule has 1 aromatic carbocycles. The molecule has 0 atom stereocenters. The molecule has 0 saturated carbocycles. The van der Waals surface area contributed by atoms with E-state index in [-0.39, 0.29) is 5.82 Å². The highest BCUT2D eigenvalue weighted by Crippen LogP contribution is 2.13. The molecule has 0 bridgehead atoms. The van der Waals surface area contributed by atoms with Gasteiger partial charge in [-0.2, -0.15) is 0 Å². The number of benzene rings is 1. The third-order valence-electron chi connectivity index (χ3n) is 4.39. The molecule has 1 saturated heterocycles. The van der Waals surface area contributed by atoms with Crippen LogP contribution in [-0.4, -0.2) is 47.5 Å². The second kappa shape index (κ2) is 7.99. The van der Waals surface area contributed by atoms with E-state index in [0.717, 1.165) is 56.3 Å². The van der Waals surface area contributed by atoms with Gasteiger partial charge < -0.3 is 4.90 Å². The molecule has 0 radical (unpaired) electrons. The van der Waals surface area contributed by atoms with Crippen molar-refractivity contribution in [2.24, 2.45) is 0 Å². The summed E-state index contributed by atoms with van der Waals surface area (Å²) in [5, 5.41) is 3.30. The summed E-state index contributed by atoms with van der Waals surface area (Å²) in [7, 11) is 0. The number of nitrogens with zero attached hydrogens (tertiary/aromatic N) is 3. The predicted molar refractivity (Wildman–Crippen MR) is 93.3 cm³/mol. The van der Waals surface area contributed by atoms with Gasteiger partial charge in [-0.05, 0) is 44.5 Å². The number of thiazole rings is 1. The molecule has 0 unspecified atom stereocenters. The van der Waals surface area contributed by atoms with Gasteiger partial charge in [0.25, 0.3) is 0 Å². The fourth-order valence-corrected chi connectivity index (χ4v) is 3.70. The van der Waals surface area contributed by atoms with Crippen LogP contribution in [0.4, 0.5) is 4.39 Å². The van der Waals surface area contributed by atoms with Gasteiger partial charge in [0.1, 0.15) is 5.82 Å². The first kappa shape index (κ1) is 16.6. The number of hydrogen-bond acceptors (Lipinski definition) is 4. The van der Waals surface area contributed by atoms with Crippen LogP contribution in [0.5, 0.6) is 0 Å². The monoisotopic (exact) mass is 333 g/mol. The Kier molecular flexibility index (Phi) is 5.75. The van der Waals surface area contributed by atoms with Crippen molar-refractivity contribution in [1.29, 1.82) is 0 Å². The molecule has 0 aliphatic carbocycles. The number of aryl methyl sites for hydroxylation is 1. The van der Waals surface area contributed by atoms with E-state index in [1.807, 2.05) is 12.1 Å². The van der Waals surface area contributed by atoms with E-state index >= 15 is 0 Å². The van der Waals surface area contributed by atoms with Gasteiger partial charge in [0, 0.05) is 31.6 Å². The van der Waals surface area contributed by atoms with Gasteiger partial charge in [0.15, 0.2) is 0 Å². The maximum absolute atomic E-state index is 13.7. The van der Waals surface area contributed by atoms with Crippen molar-refractivity contribution in [1.82, 2.24) is 14.8 Å². The molecule has 2 aromatic rings. The van der Waals surface area contributed by atoms with Crippen molar-refractivity contribution in [3.05, 3.63) is 51.7 Å². The van der Waals surface area contributed by atoms with E-state index < -0.39 is 0 Å². The minimum absolute atomic E-state index is 0.0807. The molecule has 2 heterocycles. The second-order valence-electron chi connectivity index (χ2n) is 6.17. The van der Waals surface area contributed by atoms with Crippen molar-refractivity contribution in [3.63, 3.8) is 0 Å². The summed E-state index contributed by atoms with van der Waals surface area (Å²) >= 11 is 1.72. The van der Waals surface area contributed by atoms with Gasteiger partial charge in [0.2, 0.25) is 0 Å². The largest absolute Gasteiger partial charge is 0.302 e. The van der Waals surface area contributed by atoms with Crippen LogP contribution in [-0.2, 0) is 13.0 Å². The van der Waals surface area contributed by atoms with Crippen molar-refractivity contribution in [3.8, 4) is 0 Å². The summed E-state index contributed by atoms with van der Waals surface area (Å²) in [4.78, 5) is 9.50. The maximum atomic E-state index is 13.7. The van der Waals surface area contributed by atoms with Crippen molar-refractivity contribution >= 4 is 11.3 Å². The molecule has 5 heteroatoms. The van der Waals surface area contributed by atoms with E-state index in [2.05, 4.69) is 27.1 Å². The van der Waals surface area contributed by atoms with Gasteiger partial charge in [0.05, 0.1) is 10.7 Å². The van der Waals surface area contributed by atoms with Crippen LogP contribution < -0.4 is 0 Å². The SMILES string of the molecule is Cc1nc(CN2CCCN(CCc3ccccc3F)CC2)cs1. The molecule has 0 amide bonds.